The zero-order chi connectivity index (χ0) is 20.8. The number of nitrogens with two attached hydrogens (primary N) is 1. The summed E-state index contributed by atoms with van der Waals surface area (Å²) in [6, 6.07) is 17.7. The molecule has 0 aliphatic carbocycles. The summed E-state index contributed by atoms with van der Waals surface area (Å²) < 4.78 is 7.06. The van der Waals surface area contributed by atoms with E-state index >= 15 is 0 Å². The number of nitrogens with one attached hydrogen (secondary N) is 1. The van der Waals surface area contributed by atoms with Crippen molar-refractivity contribution in [1.29, 1.82) is 0 Å². The second-order valence-corrected chi connectivity index (χ2v) is 6.99. The van der Waals surface area contributed by atoms with Crippen molar-refractivity contribution in [3.63, 3.8) is 0 Å². The smallest absolute Gasteiger partial charge is 0.276 e. The van der Waals surface area contributed by atoms with Crippen molar-refractivity contribution in [2.24, 2.45) is 0 Å². The van der Waals surface area contributed by atoms with Crippen LogP contribution in [-0.4, -0.2) is 22.6 Å². The van der Waals surface area contributed by atoms with E-state index in [4.69, 9.17) is 22.1 Å². The summed E-state index contributed by atoms with van der Waals surface area (Å²) in [5.41, 5.74) is 8.57. The monoisotopic (exact) mass is 410 g/mol. The molecule has 0 saturated heterocycles. The Bertz CT molecular complexity index is 998. The van der Waals surface area contributed by atoms with Crippen LogP contribution in [0.1, 0.15) is 27.4 Å². The number of aromatic nitrogens is 2. The van der Waals surface area contributed by atoms with Gasteiger partial charge in [0, 0.05) is 13.0 Å². The third-order valence-electron chi connectivity index (χ3n) is 4.53. The number of nitrogen functional groups attached to an aromatic ring is 1. The van der Waals surface area contributed by atoms with Crippen LogP contribution in [0.5, 0.6) is 5.75 Å². The molecule has 0 fully saturated rings. The van der Waals surface area contributed by atoms with Gasteiger partial charge in [-0.25, -0.2) is 4.98 Å². The first-order valence-electron chi connectivity index (χ1n) is 9.15. The Morgan fingerprint density at radius 2 is 1.86 bits per heavy atom. The second kappa shape index (κ2) is 9.30. The van der Waals surface area contributed by atoms with Gasteiger partial charge in [0.1, 0.15) is 16.7 Å². The lowest BCUT2D eigenvalue weighted by Gasteiger charge is -2.12. The van der Waals surface area contributed by atoms with E-state index in [2.05, 4.69) is 16.9 Å². The molecule has 7 heteroatoms. The number of benzene rings is 2. The molecule has 6 nitrogen and oxygen atoms in total. The van der Waals surface area contributed by atoms with E-state index < -0.39 is 5.91 Å². The Morgan fingerprint density at radius 1 is 1.17 bits per heavy atom. The number of aryl methyl sites for hydroxylation is 1. The highest BCUT2D eigenvalue weighted by Gasteiger charge is 2.22. The number of hydrogen-bond acceptors (Lipinski definition) is 4. The van der Waals surface area contributed by atoms with E-state index in [1.807, 2.05) is 59.2 Å². The molecule has 0 bridgehead atoms. The number of nitrogens with zero attached hydrogens (tertiary/aromatic N) is 2. The fourth-order valence-corrected chi connectivity index (χ4v) is 3.21. The molecule has 1 heterocycles. The van der Waals surface area contributed by atoms with E-state index in [9.17, 15) is 4.79 Å². The van der Waals surface area contributed by atoms with Crippen molar-refractivity contribution >= 4 is 23.3 Å². The largest absolute Gasteiger partial charge is 0.497 e. The van der Waals surface area contributed by atoms with Crippen LogP contribution in [0.25, 0.3) is 0 Å². The summed E-state index contributed by atoms with van der Waals surface area (Å²) >= 11 is 5.76. The minimum absolute atomic E-state index is 0.0295. The average Bonchev–Trinajstić information content (AvgIpc) is 3.02. The van der Waals surface area contributed by atoms with Crippen LogP contribution in [0.4, 0.5) is 5.82 Å². The van der Waals surface area contributed by atoms with Gasteiger partial charge in [0.05, 0.1) is 7.11 Å². The van der Waals surface area contributed by atoms with Gasteiger partial charge in [0.15, 0.2) is 11.5 Å². The molecule has 3 rings (SSSR count). The summed E-state index contributed by atoms with van der Waals surface area (Å²) in [6.45, 7) is 4.07. The maximum absolute atomic E-state index is 12.6. The number of hydrogen-bond donors (Lipinski definition) is 2. The summed E-state index contributed by atoms with van der Waals surface area (Å²) in [5, 5.41) is 2.53. The van der Waals surface area contributed by atoms with Crippen LogP contribution in [-0.2, 0) is 19.4 Å². The van der Waals surface area contributed by atoms with Gasteiger partial charge in [-0.15, -0.1) is 0 Å². The maximum Gasteiger partial charge on any atom is 0.276 e. The quantitative estimate of drug-likeness (QED) is 0.554. The lowest BCUT2D eigenvalue weighted by molar-refractivity contribution is 0.0960. The highest BCUT2D eigenvalue weighted by atomic mass is 35.5. The number of carbonyl (C=O) groups is 1. The molecule has 0 spiro atoms. The first-order valence-corrected chi connectivity index (χ1v) is 9.53. The highest BCUT2D eigenvalue weighted by Crippen LogP contribution is 2.20. The number of methoxy groups -OCH3 is 1. The predicted molar refractivity (Wildman–Crippen MR) is 115 cm³/mol. The normalized spacial score (nSPS) is 10.6. The third-order valence-corrected chi connectivity index (χ3v) is 4.62. The molecule has 1 amide bonds. The molecule has 2 aromatic carbocycles. The fraction of sp³-hybridized carbons (Fsp3) is 0.182. The van der Waals surface area contributed by atoms with Crippen molar-refractivity contribution in [2.75, 3.05) is 12.8 Å². The van der Waals surface area contributed by atoms with Gasteiger partial charge < -0.3 is 20.4 Å². The summed E-state index contributed by atoms with van der Waals surface area (Å²) in [6.07, 6.45) is 1.26. The summed E-state index contributed by atoms with van der Waals surface area (Å²) in [4.78, 5) is 17.1. The number of imidazole rings is 1. The maximum atomic E-state index is 12.6. The summed E-state index contributed by atoms with van der Waals surface area (Å²) in [7, 11) is 1.63. The minimum Gasteiger partial charge on any atom is -0.497 e. The van der Waals surface area contributed by atoms with Gasteiger partial charge in [0.2, 0.25) is 0 Å². The zero-order valence-corrected chi connectivity index (χ0v) is 16.9. The standard InChI is InChI=1S/C22H23ClN4O2/c1-15(23)25-22(28)20-21(24)26-19(14-17-8-10-18(29-2)11-9-17)27(20)13-12-16-6-4-3-5-7-16/h3-11H,1,12-14,24H2,2H3,(H,25,28). The third kappa shape index (κ3) is 5.18. The molecular formula is C22H23ClN4O2. The van der Waals surface area contributed by atoms with Crippen molar-refractivity contribution in [3.05, 3.63) is 89.0 Å². The Kier molecular flexibility index (Phi) is 6.57. The van der Waals surface area contributed by atoms with Crippen LogP contribution in [0.15, 0.2) is 66.3 Å². The van der Waals surface area contributed by atoms with Crippen LogP contribution in [0.3, 0.4) is 0 Å². The Hall–Kier alpha value is -3.25. The van der Waals surface area contributed by atoms with Crippen LogP contribution in [0, 0.1) is 0 Å². The zero-order valence-electron chi connectivity index (χ0n) is 16.2. The lowest BCUT2D eigenvalue weighted by atomic mass is 10.1. The second-order valence-electron chi connectivity index (χ2n) is 6.53. The highest BCUT2D eigenvalue weighted by molar-refractivity contribution is 6.30. The van der Waals surface area contributed by atoms with Gasteiger partial charge >= 0.3 is 0 Å². The van der Waals surface area contributed by atoms with Gasteiger partial charge in [-0.05, 0) is 29.7 Å². The van der Waals surface area contributed by atoms with Gasteiger partial charge in [-0.3, -0.25) is 4.79 Å². The number of halogens is 1. The average molecular weight is 411 g/mol. The molecule has 0 saturated carbocycles. The van der Waals surface area contributed by atoms with Crippen molar-refractivity contribution in [2.45, 2.75) is 19.4 Å². The molecular weight excluding hydrogens is 388 g/mol. The van der Waals surface area contributed by atoms with Crippen molar-refractivity contribution < 1.29 is 9.53 Å². The van der Waals surface area contributed by atoms with Gasteiger partial charge in [-0.1, -0.05) is 60.6 Å². The predicted octanol–water partition coefficient (Wildman–Crippen LogP) is 3.75. The molecule has 0 aliphatic heterocycles. The Morgan fingerprint density at radius 3 is 2.48 bits per heavy atom. The van der Waals surface area contributed by atoms with Gasteiger partial charge in [0.25, 0.3) is 5.91 Å². The van der Waals surface area contributed by atoms with Crippen LogP contribution in [0.2, 0.25) is 0 Å². The molecule has 150 valence electrons. The number of rotatable bonds is 8. The van der Waals surface area contributed by atoms with E-state index in [0.29, 0.717) is 18.8 Å². The van der Waals surface area contributed by atoms with E-state index in [1.54, 1.807) is 7.11 Å². The lowest BCUT2D eigenvalue weighted by Crippen LogP contribution is -2.25. The SMILES string of the molecule is C=C(Cl)NC(=O)c1c(N)nc(Cc2ccc(OC)cc2)n1CCc1ccccc1. The van der Waals surface area contributed by atoms with E-state index in [0.717, 1.165) is 23.3 Å². The number of carbonyl (C=O) groups excluding carboxylic acids is 1. The fourth-order valence-electron chi connectivity index (χ4n) is 3.13. The number of anilines is 1. The molecule has 0 aliphatic rings. The van der Waals surface area contributed by atoms with Crippen LogP contribution >= 0.6 is 11.6 Å². The molecule has 0 unspecified atom stereocenters. The topological polar surface area (TPSA) is 82.2 Å². The van der Waals surface area contributed by atoms with Crippen molar-refractivity contribution in [1.82, 2.24) is 14.9 Å². The molecule has 3 aromatic rings. The molecule has 3 N–H and O–H groups in total. The van der Waals surface area contributed by atoms with E-state index in [1.165, 1.54) is 0 Å². The minimum atomic E-state index is -0.427. The Labute approximate surface area is 175 Å². The molecule has 0 radical (unpaired) electrons. The first kappa shape index (κ1) is 20.5. The molecule has 29 heavy (non-hydrogen) atoms. The van der Waals surface area contributed by atoms with E-state index in [-0.39, 0.29) is 16.7 Å². The first-order chi connectivity index (χ1) is 14.0. The van der Waals surface area contributed by atoms with Crippen molar-refractivity contribution in [3.8, 4) is 5.75 Å². The van der Waals surface area contributed by atoms with Gasteiger partial charge in [-0.2, -0.15) is 0 Å². The van der Waals surface area contributed by atoms with Crippen LogP contribution < -0.4 is 15.8 Å². The molecule has 0 atom stereocenters. The number of amides is 1. The summed E-state index contributed by atoms with van der Waals surface area (Å²) in [5.74, 6) is 1.22. The Balaban J connectivity index is 1.92. The molecule has 1 aromatic heterocycles. The number of ether oxygens (including phenoxy) is 1.